The van der Waals surface area contributed by atoms with E-state index in [9.17, 15) is 9.59 Å². The molecule has 0 aliphatic rings. The topological polar surface area (TPSA) is 86.2 Å². The average Bonchev–Trinajstić information content (AvgIpc) is 2.80. The van der Waals surface area contributed by atoms with Gasteiger partial charge < -0.3 is 9.47 Å². The number of para-hydroxylation sites is 1. The summed E-state index contributed by atoms with van der Waals surface area (Å²) in [6.45, 7) is 3.23. The van der Waals surface area contributed by atoms with Gasteiger partial charge in [-0.25, -0.2) is 9.48 Å². The van der Waals surface area contributed by atoms with E-state index in [4.69, 9.17) is 14.7 Å². The molecular formula is C17H19N3O4. The van der Waals surface area contributed by atoms with Crippen LogP contribution in [0.4, 0.5) is 0 Å². The minimum absolute atomic E-state index is 0.157. The van der Waals surface area contributed by atoms with Gasteiger partial charge in [0.1, 0.15) is 6.61 Å². The van der Waals surface area contributed by atoms with Crippen molar-refractivity contribution < 1.29 is 14.3 Å². The standard InChI is InChI=1S/C17H19N3O4/c1-4-23-17(22)15(24-11-10-18)14-12(2)19(3)20(16(14)21)13-8-6-5-7-9-13/h5-9,15H,4,11H2,1-3H3. The highest BCUT2D eigenvalue weighted by Gasteiger charge is 2.31. The molecule has 7 heteroatoms. The van der Waals surface area contributed by atoms with Crippen molar-refractivity contribution in [2.75, 3.05) is 13.2 Å². The summed E-state index contributed by atoms with van der Waals surface area (Å²) in [5, 5.41) is 8.73. The fraction of sp³-hybridized carbons (Fsp3) is 0.353. The van der Waals surface area contributed by atoms with E-state index < -0.39 is 12.1 Å². The van der Waals surface area contributed by atoms with Crippen LogP contribution in [0, 0.1) is 18.3 Å². The molecule has 1 aromatic heterocycles. The van der Waals surface area contributed by atoms with Gasteiger partial charge in [0.2, 0.25) is 0 Å². The van der Waals surface area contributed by atoms with E-state index >= 15 is 0 Å². The summed E-state index contributed by atoms with van der Waals surface area (Å²) < 4.78 is 13.4. The van der Waals surface area contributed by atoms with E-state index in [0.29, 0.717) is 11.4 Å². The maximum atomic E-state index is 12.9. The number of hydrogen-bond acceptors (Lipinski definition) is 5. The van der Waals surface area contributed by atoms with Crippen LogP contribution < -0.4 is 5.56 Å². The smallest absolute Gasteiger partial charge is 0.340 e. The molecule has 2 rings (SSSR count). The molecule has 2 aromatic rings. The molecule has 0 amide bonds. The molecule has 126 valence electrons. The Kier molecular flexibility index (Phi) is 5.55. The number of nitrogens with zero attached hydrogens (tertiary/aromatic N) is 3. The van der Waals surface area contributed by atoms with Gasteiger partial charge in [0.05, 0.1) is 23.9 Å². The van der Waals surface area contributed by atoms with Crippen molar-refractivity contribution >= 4 is 5.97 Å². The number of nitriles is 1. The Morgan fingerprint density at radius 3 is 2.58 bits per heavy atom. The summed E-state index contributed by atoms with van der Waals surface area (Å²) in [4.78, 5) is 25.1. The Morgan fingerprint density at radius 2 is 2.00 bits per heavy atom. The summed E-state index contributed by atoms with van der Waals surface area (Å²) in [7, 11) is 1.72. The predicted molar refractivity (Wildman–Crippen MR) is 86.7 cm³/mol. The number of benzene rings is 1. The molecule has 1 atom stereocenters. The Hall–Kier alpha value is -2.85. The molecule has 0 radical (unpaired) electrons. The Balaban J connectivity index is 2.58. The van der Waals surface area contributed by atoms with Gasteiger partial charge in [0, 0.05) is 12.7 Å². The third-order valence-corrected chi connectivity index (χ3v) is 3.68. The van der Waals surface area contributed by atoms with E-state index in [0.717, 1.165) is 0 Å². The molecule has 0 saturated carbocycles. The van der Waals surface area contributed by atoms with Gasteiger partial charge in [-0.15, -0.1) is 0 Å². The van der Waals surface area contributed by atoms with Gasteiger partial charge in [-0.1, -0.05) is 18.2 Å². The van der Waals surface area contributed by atoms with Crippen LogP contribution >= 0.6 is 0 Å². The molecular weight excluding hydrogens is 310 g/mol. The number of hydrogen-bond donors (Lipinski definition) is 0. The largest absolute Gasteiger partial charge is 0.464 e. The third kappa shape index (κ3) is 3.24. The van der Waals surface area contributed by atoms with Crippen molar-refractivity contribution in [3.05, 3.63) is 51.9 Å². The molecule has 0 aliphatic heterocycles. The van der Waals surface area contributed by atoms with Crippen LogP contribution in [0.1, 0.15) is 24.3 Å². The van der Waals surface area contributed by atoms with Crippen molar-refractivity contribution in [1.82, 2.24) is 9.36 Å². The number of carbonyl (C=O) groups excluding carboxylic acids is 1. The first kappa shape index (κ1) is 17.5. The van der Waals surface area contributed by atoms with Gasteiger partial charge >= 0.3 is 5.97 Å². The molecule has 0 spiro atoms. The van der Waals surface area contributed by atoms with Gasteiger partial charge in [0.25, 0.3) is 5.56 Å². The van der Waals surface area contributed by atoms with Crippen LogP contribution in [0.2, 0.25) is 0 Å². The Morgan fingerprint density at radius 1 is 1.33 bits per heavy atom. The zero-order valence-corrected chi connectivity index (χ0v) is 13.9. The predicted octanol–water partition coefficient (Wildman–Crippen LogP) is 1.63. The maximum Gasteiger partial charge on any atom is 0.340 e. The van der Waals surface area contributed by atoms with Crippen LogP contribution in [0.15, 0.2) is 35.1 Å². The van der Waals surface area contributed by atoms with Crippen LogP contribution in [0.25, 0.3) is 5.69 Å². The lowest BCUT2D eigenvalue weighted by Crippen LogP contribution is -2.27. The lowest BCUT2D eigenvalue weighted by atomic mass is 10.1. The second-order valence-electron chi connectivity index (χ2n) is 5.08. The molecule has 0 saturated heterocycles. The zero-order valence-electron chi connectivity index (χ0n) is 13.9. The minimum Gasteiger partial charge on any atom is -0.464 e. The summed E-state index contributed by atoms with van der Waals surface area (Å²) >= 11 is 0. The van der Waals surface area contributed by atoms with Crippen molar-refractivity contribution in [1.29, 1.82) is 5.26 Å². The fourth-order valence-electron chi connectivity index (χ4n) is 2.50. The number of rotatable bonds is 6. The molecule has 1 aromatic carbocycles. The quantitative estimate of drug-likeness (QED) is 0.752. The van der Waals surface area contributed by atoms with Crippen molar-refractivity contribution in [3.8, 4) is 11.8 Å². The summed E-state index contributed by atoms with van der Waals surface area (Å²) in [6.07, 6.45) is -1.23. The normalized spacial score (nSPS) is 11.8. The monoisotopic (exact) mass is 329 g/mol. The first-order valence-corrected chi connectivity index (χ1v) is 7.52. The highest BCUT2D eigenvalue weighted by Crippen LogP contribution is 2.21. The fourth-order valence-corrected chi connectivity index (χ4v) is 2.50. The number of ether oxygens (including phenoxy) is 2. The number of carbonyl (C=O) groups is 1. The minimum atomic E-state index is -1.23. The van der Waals surface area contributed by atoms with Crippen LogP contribution in [0.5, 0.6) is 0 Å². The van der Waals surface area contributed by atoms with Crippen LogP contribution in [0.3, 0.4) is 0 Å². The van der Waals surface area contributed by atoms with Crippen LogP contribution in [-0.4, -0.2) is 28.5 Å². The Bertz CT molecular complexity index is 815. The van der Waals surface area contributed by atoms with E-state index in [-0.39, 0.29) is 24.3 Å². The zero-order chi connectivity index (χ0) is 17.7. The molecule has 0 N–H and O–H groups in total. The molecule has 24 heavy (non-hydrogen) atoms. The van der Waals surface area contributed by atoms with E-state index in [1.807, 2.05) is 24.3 Å². The summed E-state index contributed by atoms with van der Waals surface area (Å²) in [5.74, 6) is -0.682. The lowest BCUT2D eigenvalue weighted by Gasteiger charge is -2.13. The second-order valence-corrected chi connectivity index (χ2v) is 5.08. The van der Waals surface area contributed by atoms with E-state index in [1.165, 1.54) is 4.68 Å². The summed E-state index contributed by atoms with van der Waals surface area (Å²) in [5.41, 5.74) is 1.04. The maximum absolute atomic E-state index is 12.9. The van der Waals surface area contributed by atoms with Gasteiger partial charge in [-0.3, -0.25) is 9.48 Å². The summed E-state index contributed by atoms with van der Waals surface area (Å²) in [6, 6.07) is 10.9. The molecule has 0 bridgehead atoms. The highest BCUT2D eigenvalue weighted by atomic mass is 16.6. The first-order chi connectivity index (χ1) is 11.5. The average molecular weight is 329 g/mol. The molecule has 1 unspecified atom stereocenters. The van der Waals surface area contributed by atoms with Crippen molar-refractivity contribution in [2.45, 2.75) is 20.0 Å². The molecule has 0 fully saturated rings. The number of aromatic nitrogens is 2. The second kappa shape index (κ2) is 7.62. The highest BCUT2D eigenvalue weighted by molar-refractivity contribution is 5.77. The molecule has 1 heterocycles. The number of esters is 1. The third-order valence-electron chi connectivity index (χ3n) is 3.68. The van der Waals surface area contributed by atoms with E-state index in [1.54, 1.807) is 37.7 Å². The Labute approximate surface area is 139 Å². The van der Waals surface area contributed by atoms with Crippen LogP contribution in [-0.2, 0) is 21.3 Å². The van der Waals surface area contributed by atoms with Crippen molar-refractivity contribution in [3.63, 3.8) is 0 Å². The first-order valence-electron chi connectivity index (χ1n) is 7.52. The van der Waals surface area contributed by atoms with Gasteiger partial charge in [0.15, 0.2) is 6.10 Å². The van der Waals surface area contributed by atoms with Gasteiger partial charge in [-0.05, 0) is 26.0 Å². The molecule has 7 nitrogen and oxygen atoms in total. The van der Waals surface area contributed by atoms with Gasteiger partial charge in [-0.2, -0.15) is 5.26 Å². The molecule has 0 aliphatic carbocycles. The lowest BCUT2D eigenvalue weighted by molar-refractivity contribution is -0.156. The van der Waals surface area contributed by atoms with E-state index in [2.05, 4.69) is 0 Å². The van der Waals surface area contributed by atoms with Crippen molar-refractivity contribution in [2.24, 2.45) is 7.05 Å². The SMILES string of the molecule is CCOC(=O)C(OCC#N)c1c(C)n(C)n(-c2ccccc2)c1=O.